The highest BCUT2D eigenvalue weighted by molar-refractivity contribution is 5.66. The van der Waals surface area contributed by atoms with E-state index in [-0.39, 0.29) is 0 Å². The number of carbonyl (C=O) groups is 1. The predicted molar refractivity (Wildman–Crippen MR) is 124 cm³/mol. The molecule has 0 aromatic heterocycles. The van der Waals surface area contributed by atoms with Gasteiger partial charge in [0.1, 0.15) is 0 Å². The minimum absolute atomic E-state index is 0.294. The fourth-order valence-electron chi connectivity index (χ4n) is 3.09. The molecule has 0 saturated carbocycles. The van der Waals surface area contributed by atoms with Crippen LogP contribution >= 0.6 is 0 Å². The van der Waals surface area contributed by atoms with E-state index in [0.717, 1.165) is 78.2 Å². The molecule has 0 rings (SSSR count). The van der Waals surface area contributed by atoms with E-state index in [1.807, 2.05) is 0 Å². The van der Waals surface area contributed by atoms with E-state index in [2.05, 4.69) is 33.5 Å². The van der Waals surface area contributed by atoms with Crippen molar-refractivity contribution in [2.24, 2.45) is 0 Å². The maximum Gasteiger partial charge on any atom is 0.303 e. The van der Waals surface area contributed by atoms with Crippen molar-refractivity contribution in [3.8, 4) is 0 Å². The number of unbranched alkanes of at least 4 members (excludes halogenated alkanes) is 6. The van der Waals surface area contributed by atoms with Crippen LogP contribution in [-0.2, 0) is 4.79 Å². The summed E-state index contributed by atoms with van der Waals surface area (Å²) in [5.41, 5.74) is 0. The smallest absolute Gasteiger partial charge is 0.303 e. The van der Waals surface area contributed by atoms with Crippen LogP contribution in [0.2, 0.25) is 0 Å². The molecule has 0 heterocycles. The van der Waals surface area contributed by atoms with Crippen LogP contribution in [0.4, 0.5) is 0 Å². The second kappa shape index (κ2) is 25.3. The lowest BCUT2D eigenvalue weighted by Crippen LogP contribution is -2.33. The van der Waals surface area contributed by atoms with Gasteiger partial charge in [0.15, 0.2) is 0 Å². The van der Waals surface area contributed by atoms with Crippen LogP contribution in [0.3, 0.4) is 0 Å². The third-order valence-corrected chi connectivity index (χ3v) is 4.87. The van der Waals surface area contributed by atoms with Crippen LogP contribution in [-0.4, -0.2) is 76.5 Å². The predicted octanol–water partition coefficient (Wildman–Crippen LogP) is 1.94. The van der Waals surface area contributed by atoms with Gasteiger partial charge in [-0.1, -0.05) is 26.2 Å². The summed E-state index contributed by atoms with van der Waals surface area (Å²) in [6, 6.07) is 0. The van der Waals surface area contributed by atoms with Crippen LogP contribution < -0.4 is 26.6 Å². The molecule has 0 saturated heterocycles. The van der Waals surface area contributed by atoms with Crippen molar-refractivity contribution in [1.29, 1.82) is 0 Å². The Morgan fingerprint density at radius 3 is 1.31 bits per heavy atom. The molecular weight excluding hydrogens is 366 g/mol. The van der Waals surface area contributed by atoms with Crippen molar-refractivity contribution >= 4 is 5.97 Å². The van der Waals surface area contributed by atoms with Crippen LogP contribution in [0.5, 0.6) is 0 Å². The monoisotopic (exact) mass is 415 g/mol. The molecular formula is C22H49N5O2. The maximum absolute atomic E-state index is 10.4. The topological polar surface area (TPSA) is 97.5 Å². The quantitative estimate of drug-likeness (QED) is 0.127. The number of rotatable bonds is 25. The first-order valence-corrected chi connectivity index (χ1v) is 12.0. The number of aliphatic carboxylic acids is 1. The molecule has 0 atom stereocenters. The molecule has 29 heavy (non-hydrogen) atoms. The van der Waals surface area contributed by atoms with Gasteiger partial charge >= 0.3 is 5.97 Å². The molecule has 0 unspecified atom stereocenters. The molecule has 0 fully saturated rings. The zero-order chi connectivity index (χ0) is 21.3. The van der Waals surface area contributed by atoms with Crippen LogP contribution in [0.25, 0.3) is 0 Å². The molecule has 0 bridgehead atoms. The minimum Gasteiger partial charge on any atom is -0.481 e. The Morgan fingerprint density at radius 1 is 0.517 bits per heavy atom. The molecule has 0 radical (unpaired) electrons. The van der Waals surface area contributed by atoms with Crippen molar-refractivity contribution in [2.75, 3.05) is 65.4 Å². The van der Waals surface area contributed by atoms with Gasteiger partial charge in [-0.05, 0) is 77.8 Å². The fourth-order valence-corrected chi connectivity index (χ4v) is 3.09. The van der Waals surface area contributed by atoms with Crippen molar-refractivity contribution < 1.29 is 9.90 Å². The highest BCUT2D eigenvalue weighted by Crippen LogP contribution is 1.98. The highest BCUT2D eigenvalue weighted by atomic mass is 16.4. The molecule has 174 valence electrons. The first-order valence-electron chi connectivity index (χ1n) is 12.0. The second-order valence-corrected chi connectivity index (χ2v) is 7.68. The minimum atomic E-state index is -0.690. The van der Waals surface area contributed by atoms with E-state index >= 15 is 0 Å². The molecule has 0 aliphatic carbocycles. The molecule has 7 heteroatoms. The summed E-state index contributed by atoms with van der Waals surface area (Å²) < 4.78 is 0. The van der Waals surface area contributed by atoms with Crippen molar-refractivity contribution in [3.05, 3.63) is 0 Å². The SMILES string of the molecule is CCNCCCCCCNCCCCNCCNCCNCCCCCC(=O)O. The number of carboxylic acids is 1. The Morgan fingerprint density at radius 2 is 0.862 bits per heavy atom. The van der Waals surface area contributed by atoms with Gasteiger partial charge in [0, 0.05) is 32.6 Å². The first-order chi connectivity index (χ1) is 14.3. The van der Waals surface area contributed by atoms with Gasteiger partial charge in [-0.25, -0.2) is 0 Å². The van der Waals surface area contributed by atoms with Gasteiger partial charge in [0.2, 0.25) is 0 Å². The van der Waals surface area contributed by atoms with Crippen LogP contribution in [0, 0.1) is 0 Å². The molecule has 6 N–H and O–H groups in total. The van der Waals surface area contributed by atoms with E-state index in [9.17, 15) is 4.79 Å². The number of hydrogen-bond donors (Lipinski definition) is 6. The zero-order valence-electron chi connectivity index (χ0n) is 19.0. The highest BCUT2D eigenvalue weighted by Gasteiger charge is 1.96. The number of hydrogen-bond acceptors (Lipinski definition) is 6. The number of carboxylic acid groups (broad SMARTS) is 1. The van der Waals surface area contributed by atoms with Crippen molar-refractivity contribution in [2.45, 2.75) is 71.1 Å². The van der Waals surface area contributed by atoms with Crippen molar-refractivity contribution in [1.82, 2.24) is 26.6 Å². The lowest BCUT2D eigenvalue weighted by atomic mass is 10.2. The molecule has 0 aromatic carbocycles. The third-order valence-electron chi connectivity index (χ3n) is 4.87. The number of nitrogens with one attached hydrogen (secondary N) is 5. The summed E-state index contributed by atoms with van der Waals surface area (Å²) in [5, 5.41) is 25.8. The average molecular weight is 416 g/mol. The van der Waals surface area contributed by atoms with E-state index in [1.54, 1.807) is 0 Å². The lowest BCUT2D eigenvalue weighted by Gasteiger charge is -2.08. The van der Waals surface area contributed by atoms with Gasteiger partial charge in [-0.15, -0.1) is 0 Å². The summed E-state index contributed by atoms with van der Waals surface area (Å²) in [6.07, 6.45) is 10.9. The van der Waals surface area contributed by atoms with Crippen molar-refractivity contribution in [3.63, 3.8) is 0 Å². The lowest BCUT2D eigenvalue weighted by molar-refractivity contribution is -0.137. The Kier molecular flexibility index (Phi) is 24.7. The summed E-state index contributed by atoms with van der Waals surface area (Å²) in [4.78, 5) is 10.4. The molecule has 0 aliphatic heterocycles. The molecule has 0 spiro atoms. The molecule has 0 aromatic rings. The summed E-state index contributed by atoms with van der Waals surface area (Å²) in [6.45, 7) is 12.8. The van der Waals surface area contributed by atoms with Gasteiger partial charge in [0.25, 0.3) is 0 Å². The summed E-state index contributed by atoms with van der Waals surface area (Å²) in [7, 11) is 0. The van der Waals surface area contributed by atoms with Gasteiger partial charge in [0.05, 0.1) is 0 Å². The average Bonchev–Trinajstić information content (AvgIpc) is 2.71. The standard InChI is InChI=1S/C22H49N5O2/c1-2-23-13-7-3-4-8-14-24-16-10-11-17-26-19-21-27-20-18-25-15-9-5-6-12-22(28)29/h23-27H,2-21H2,1H3,(H,28,29). The maximum atomic E-state index is 10.4. The molecule has 7 nitrogen and oxygen atoms in total. The normalized spacial score (nSPS) is 11.2. The fraction of sp³-hybridized carbons (Fsp3) is 0.955. The third kappa shape index (κ3) is 27.3. The van der Waals surface area contributed by atoms with Gasteiger partial charge < -0.3 is 31.7 Å². The van der Waals surface area contributed by atoms with E-state index in [4.69, 9.17) is 5.11 Å². The van der Waals surface area contributed by atoms with E-state index < -0.39 is 5.97 Å². The summed E-state index contributed by atoms with van der Waals surface area (Å²) in [5.74, 6) is -0.690. The molecule has 0 aliphatic rings. The largest absolute Gasteiger partial charge is 0.481 e. The van der Waals surface area contributed by atoms with Crippen LogP contribution in [0.15, 0.2) is 0 Å². The Balaban J connectivity index is 2.99. The second-order valence-electron chi connectivity index (χ2n) is 7.68. The Hall–Kier alpha value is -0.730. The van der Waals surface area contributed by atoms with Gasteiger partial charge in [-0.3, -0.25) is 4.79 Å². The molecule has 0 amide bonds. The van der Waals surface area contributed by atoms with E-state index in [0.29, 0.717) is 6.42 Å². The first kappa shape index (κ1) is 28.3. The summed E-state index contributed by atoms with van der Waals surface area (Å²) >= 11 is 0. The van der Waals surface area contributed by atoms with Crippen LogP contribution in [0.1, 0.15) is 71.1 Å². The van der Waals surface area contributed by atoms with Gasteiger partial charge in [-0.2, -0.15) is 0 Å². The Bertz CT molecular complexity index is 332. The Labute approximate surface area is 179 Å². The zero-order valence-corrected chi connectivity index (χ0v) is 19.0. The van der Waals surface area contributed by atoms with E-state index in [1.165, 1.54) is 45.1 Å².